The molecule has 118 valence electrons. The number of methoxy groups -OCH3 is 1. The van der Waals surface area contributed by atoms with Crippen LogP contribution in [0.1, 0.15) is 22.8 Å². The highest BCUT2D eigenvalue weighted by molar-refractivity contribution is 5.97. The smallest absolute Gasteiger partial charge is 0.340 e. The zero-order valence-electron chi connectivity index (χ0n) is 13.4. The third kappa shape index (κ3) is 4.91. The van der Waals surface area contributed by atoms with Gasteiger partial charge in [-0.3, -0.25) is 0 Å². The Morgan fingerprint density at radius 1 is 1.48 bits per heavy atom. The third-order valence-electron chi connectivity index (χ3n) is 3.12. The van der Waals surface area contributed by atoms with Gasteiger partial charge in [0.05, 0.1) is 18.3 Å². The summed E-state index contributed by atoms with van der Waals surface area (Å²) < 4.78 is 4.72. The van der Waals surface area contributed by atoms with Gasteiger partial charge in [0.15, 0.2) is 0 Å². The van der Waals surface area contributed by atoms with E-state index in [4.69, 9.17) is 10.5 Å². The second-order valence-electron chi connectivity index (χ2n) is 5.83. The SMILES string of the molecule is COC(=O)c1cc(NCC(C)(O)CN(C)C)cc(C)c1N. The number of nitrogens with zero attached hydrogens (tertiary/aromatic N) is 1. The standard InChI is InChI=1S/C15H25N3O3/c1-10-6-11(7-12(13(10)16)14(19)21-5)17-8-15(2,20)9-18(3)4/h6-7,17,20H,8-9,16H2,1-5H3. The van der Waals surface area contributed by atoms with E-state index >= 15 is 0 Å². The Kier molecular flexibility index (Phi) is 5.57. The number of anilines is 2. The molecule has 0 bridgehead atoms. The number of ether oxygens (including phenoxy) is 1. The van der Waals surface area contributed by atoms with Crippen LogP contribution < -0.4 is 11.1 Å². The van der Waals surface area contributed by atoms with Gasteiger partial charge in [-0.1, -0.05) is 0 Å². The minimum atomic E-state index is -0.885. The first-order chi connectivity index (χ1) is 9.66. The number of aryl methyl sites for hydroxylation is 1. The van der Waals surface area contributed by atoms with Crippen LogP contribution in [0.4, 0.5) is 11.4 Å². The number of carbonyl (C=O) groups excluding carboxylic acids is 1. The zero-order chi connectivity index (χ0) is 16.2. The Morgan fingerprint density at radius 2 is 2.10 bits per heavy atom. The number of likely N-dealkylation sites (N-methyl/N-ethyl adjacent to an activating group) is 1. The van der Waals surface area contributed by atoms with Gasteiger partial charge in [0, 0.05) is 24.5 Å². The first kappa shape index (κ1) is 17.3. The minimum absolute atomic E-state index is 0.326. The lowest BCUT2D eigenvalue weighted by Gasteiger charge is -2.27. The quantitative estimate of drug-likeness (QED) is 0.538. The number of benzene rings is 1. The lowest BCUT2D eigenvalue weighted by atomic mass is 10.0. The number of rotatable bonds is 6. The summed E-state index contributed by atoms with van der Waals surface area (Å²) in [5.74, 6) is -0.473. The van der Waals surface area contributed by atoms with Gasteiger partial charge in [0.25, 0.3) is 0 Å². The number of nitrogens with two attached hydrogens (primary N) is 1. The molecular weight excluding hydrogens is 270 g/mol. The van der Waals surface area contributed by atoms with Gasteiger partial charge in [0.1, 0.15) is 0 Å². The molecule has 0 aliphatic heterocycles. The second-order valence-corrected chi connectivity index (χ2v) is 5.83. The van der Waals surface area contributed by atoms with Crippen LogP contribution in [0, 0.1) is 6.92 Å². The molecule has 0 saturated heterocycles. The fraction of sp³-hybridized carbons (Fsp3) is 0.533. The van der Waals surface area contributed by atoms with Crippen LogP contribution in [-0.4, -0.2) is 55.9 Å². The lowest BCUT2D eigenvalue weighted by molar-refractivity contribution is 0.0460. The Hall–Kier alpha value is -1.79. The molecule has 1 aromatic carbocycles. The van der Waals surface area contributed by atoms with Gasteiger partial charge >= 0.3 is 5.97 Å². The first-order valence-electron chi connectivity index (χ1n) is 6.75. The van der Waals surface area contributed by atoms with Gasteiger partial charge in [-0.2, -0.15) is 0 Å². The first-order valence-corrected chi connectivity index (χ1v) is 6.75. The van der Waals surface area contributed by atoms with Crippen LogP contribution in [0.5, 0.6) is 0 Å². The van der Waals surface area contributed by atoms with Crippen LogP contribution >= 0.6 is 0 Å². The summed E-state index contributed by atoms with van der Waals surface area (Å²) in [6, 6.07) is 3.48. The summed E-state index contributed by atoms with van der Waals surface area (Å²) in [6.45, 7) is 4.46. The monoisotopic (exact) mass is 295 g/mol. The molecule has 1 atom stereocenters. The molecule has 21 heavy (non-hydrogen) atoms. The molecule has 6 heteroatoms. The molecule has 6 nitrogen and oxygen atoms in total. The van der Waals surface area contributed by atoms with E-state index in [1.54, 1.807) is 13.0 Å². The molecule has 0 spiro atoms. The van der Waals surface area contributed by atoms with Crippen molar-refractivity contribution in [1.82, 2.24) is 4.90 Å². The Balaban J connectivity index is 2.90. The number of nitrogen functional groups attached to an aromatic ring is 1. The number of carbonyl (C=O) groups is 1. The molecule has 0 amide bonds. The highest BCUT2D eigenvalue weighted by Gasteiger charge is 2.21. The molecule has 0 aliphatic carbocycles. The van der Waals surface area contributed by atoms with E-state index in [0.29, 0.717) is 24.3 Å². The molecule has 0 radical (unpaired) electrons. The molecule has 4 N–H and O–H groups in total. The van der Waals surface area contributed by atoms with E-state index in [-0.39, 0.29) is 0 Å². The van der Waals surface area contributed by atoms with E-state index in [1.165, 1.54) is 7.11 Å². The van der Waals surface area contributed by atoms with Gasteiger partial charge in [0.2, 0.25) is 0 Å². The van der Waals surface area contributed by atoms with Crippen molar-refractivity contribution < 1.29 is 14.6 Å². The maximum atomic E-state index is 11.7. The van der Waals surface area contributed by atoms with Crippen LogP contribution in [0.3, 0.4) is 0 Å². The predicted octanol–water partition coefficient (Wildman–Crippen LogP) is 1.09. The van der Waals surface area contributed by atoms with Gasteiger partial charge in [-0.25, -0.2) is 4.79 Å². The van der Waals surface area contributed by atoms with Crippen LogP contribution in [0.2, 0.25) is 0 Å². The fourth-order valence-electron chi connectivity index (χ4n) is 2.21. The largest absolute Gasteiger partial charge is 0.465 e. The summed E-state index contributed by atoms with van der Waals surface area (Å²) in [5.41, 5.74) is 7.25. The van der Waals surface area contributed by atoms with Crippen molar-refractivity contribution in [3.05, 3.63) is 23.3 Å². The van der Waals surface area contributed by atoms with Crippen LogP contribution in [-0.2, 0) is 4.74 Å². The minimum Gasteiger partial charge on any atom is -0.465 e. The van der Waals surface area contributed by atoms with Crippen molar-refractivity contribution in [3.63, 3.8) is 0 Å². The van der Waals surface area contributed by atoms with Crippen molar-refractivity contribution in [3.8, 4) is 0 Å². The van der Waals surface area contributed by atoms with Gasteiger partial charge in [-0.05, 0) is 45.6 Å². The Bertz CT molecular complexity index is 513. The molecular formula is C15H25N3O3. The van der Waals surface area contributed by atoms with E-state index in [9.17, 15) is 9.90 Å². The average Bonchev–Trinajstić information content (AvgIpc) is 2.37. The number of esters is 1. The summed E-state index contributed by atoms with van der Waals surface area (Å²) in [5, 5.41) is 13.4. The maximum absolute atomic E-state index is 11.7. The third-order valence-corrected chi connectivity index (χ3v) is 3.12. The number of hydrogen-bond donors (Lipinski definition) is 3. The molecule has 0 saturated carbocycles. The van der Waals surface area contributed by atoms with Crippen molar-refractivity contribution in [2.75, 3.05) is 45.3 Å². The molecule has 1 aromatic rings. The number of nitrogens with one attached hydrogen (secondary N) is 1. The Morgan fingerprint density at radius 3 is 2.62 bits per heavy atom. The predicted molar refractivity (Wildman–Crippen MR) is 84.6 cm³/mol. The van der Waals surface area contributed by atoms with Crippen molar-refractivity contribution >= 4 is 17.3 Å². The zero-order valence-corrected chi connectivity index (χ0v) is 13.4. The normalized spacial score (nSPS) is 13.9. The molecule has 0 aromatic heterocycles. The molecule has 0 heterocycles. The summed E-state index contributed by atoms with van der Waals surface area (Å²) in [4.78, 5) is 13.6. The van der Waals surface area contributed by atoms with E-state index in [0.717, 1.165) is 11.3 Å². The molecule has 0 fully saturated rings. The highest BCUT2D eigenvalue weighted by Crippen LogP contribution is 2.24. The van der Waals surface area contributed by atoms with E-state index < -0.39 is 11.6 Å². The second kappa shape index (κ2) is 6.78. The number of aliphatic hydroxyl groups is 1. The summed E-state index contributed by atoms with van der Waals surface area (Å²) in [7, 11) is 5.12. The number of hydrogen-bond acceptors (Lipinski definition) is 6. The molecule has 0 aliphatic rings. The lowest BCUT2D eigenvalue weighted by Crippen LogP contribution is -2.43. The van der Waals surface area contributed by atoms with E-state index in [2.05, 4.69) is 5.32 Å². The molecule has 1 rings (SSSR count). The van der Waals surface area contributed by atoms with Crippen molar-refractivity contribution in [1.29, 1.82) is 0 Å². The summed E-state index contributed by atoms with van der Waals surface area (Å²) in [6.07, 6.45) is 0. The molecule has 1 unspecified atom stereocenters. The van der Waals surface area contributed by atoms with Crippen LogP contribution in [0.15, 0.2) is 12.1 Å². The van der Waals surface area contributed by atoms with Crippen molar-refractivity contribution in [2.45, 2.75) is 19.4 Å². The van der Waals surface area contributed by atoms with E-state index in [1.807, 2.05) is 32.0 Å². The highest BCUT2D eigenvalue weighted by atomic mass is 16.5. The Labute approximate surface area is 125 Å². The fourth-order valence-corrected chi connectivity index (χ4v) is 2.21. The van der Waals surface area contributed by atoms with Crippen LogP contribution in [0.25, 0.3) is 0 Å². The topological polar surface area (TPSA) is 87.8 Å². The average molecular weight is 295 g/mol. The van der Waals surface area contributed by atoms with Crippen molar-refractivity contribution in [2.24, 2.45) is 0 Å². The summed E-state index contributed by atoms with van der Waals surface area (Å²) >= 11 is 0. The van der Waals surface area contributed by atoms with Gasteiger partial charge < -0.3 is 25.8 Å². The van der Waals surface area contributed by atoms with Gasteiger partial charge in [-0.15, -0.1) is 0 Å². The maximum Gasteiger partial charge on any atom is 0.340 e.